The van der Waals surface area contributed by atoms with Gasteiger partial charge in [-0.3, -0.25) is 13.9 Å². The van der Waals surface area contributed by atoms with Crippen LogP contribution in [0.3, 0.4) is 0 Å². The van der Waals surface area contributed by atoms with Crippen molar-refractivity contribution in [2.45, 2.75) is 33.9 Å². The predicted molar refractivity (Wildman–Crippen MR) is 153 cm³/mol. The minimum Gasteiger partial charge on any atom is -0.457 e. The minimum absolute atomic E-state index is 0.220. The molecular formula is C31H31N5O3. The first-order valence-electron chi connectivity index (χ1n) is 13.2. The lowest BCUT2D eigenvalue weighted by Crippen LogP contribution is -2.40. The Balaban J connectivity index is 1.42. The molecule has 1 unspecified atom stereocenters. The molecule has 1 atom stereocenters. The Labute approximate surface area is 226 Å². The second kappa shape index (κ2) is 9.62. The molecule has 1 aliphatic heterocycles. The summed E-state index contributed by atoms with van der Waals surface area (Å²) in [4.78, 5) is 34.2. The molecule has 0 spiro atoms. The van der Waals surface area contributed by atoms with E-state index in [0.717, 1.165) is 40.4 Å². The molecule has 0 aliphatic carbocycles. The van der Waals surface area contributed by atoms with E-state index in [0.29, 0.717) is 23.7 Å². The molecule has 0 bridgehead atoms. The molecule has 8 heteroatoms. The molecule has 0 saturated heterocycles. The highest BCUT2D eigenvalue weighted by Crippen LogP contribution is 2.34. The van der Waals surface area contributed by atoms with Crippen molar-refractivity contribution in [1.29, 1.82) is 0 Å². The van der Waals surface area contributed by atoms with Gasteiger partial charge in [-0.2, -0.15) is 4.98 Å². The first-order chi connectivity index (χ1) is 18.8. The van der Waals surface area contributed by atoms with Crippen LogP contribution < -0.4 is 20.9 Å². The summed E-state index contributed by atoms with van der Waals surface area (Å²) < 4.78 is 10.8. The van der Waals surface area contributed by atoms with E-state index in [1.54, 1.807) is 7.05 Å². The van der Waals surface area contributed by atoms with Gasteiger partial charge in [0.15, 0.2) is 11.2 Å². The molecule has 5 aromatic rings. The van der Waals surface area contributed by atoms with Gasteiger partial charge in [0.25, 0.3) is 5.56 Å². The number of hydrogen-bond donors (Lipinski definition) is 0. The summed E-state index contributed by atoms with van der Waals surface area (Å²) >= 11 is 0. The second-order valence-corrected chi connectivity index (χ2v) is 10.5. The number of para-hydroxylation sites is 1. The zero-order valence-electron chi connectivity index (χ0n) is 22.6. The van der Waals surface area contributed by atoms with Crippen LogP contribution in [-0.2, 0) is 20.1 Å². The molecule has 0 saturated carbocycles. The second-order valence-electron chi connectivity index (χ2n) is 10.5. The molecule has 0 N–H and O–H groups in total. The van der Waals surface area contributed by atoms with E-state index in [1.807, 2.05) is 91.2 Å². The molecule has 0 fully saturated rings. The van der Waals surface area contributed by atoms with Crippen LogP contribution in [0.2, 0.25) is 0 Å². The van der Waals surface area contributed by atoms with Crippen LogP contribution in [-0.4, -0.2) is 25.2 Å². The van der Waals surface area contributed by atoms with Crippen molar-refractivity contribution in [3.63, 3.8) is 0 Å². The fourth-order valence-corrected chi connectivity index (χ4v) is 5.32. The van der Waals surface area contributed by atoms with E-state index in [4.69, 9.17) is 9.72 Å². The maximum Gasteiger partial charge on any atom is 0.332 e. The van der Waals surface area contributed by atoms with Gasteiger partial charge in [-0.05, 0) is 67.3 Å². The summed E-state index contributed by atoms with van der Waals surface area (Å²) in [5, 5.41) is 0. The molecule has 198 valence electrons. The van der Waals surface area contributed by atoms with E-state index in [2.05, 4.69) is 11.8 Å². The van der Waals surface area contributed by atoms with Crippen LogP contribution in [0.4, 0.5) is 11.6 Å². The van der Waals surface area contributed by atoms with Crippen LogP contribution in [0.5, 0.6) is 11.5 Å². The average Bonchev–Trinajstić information content (AvgIpc) is 3.32. The lowest BCUT2D eigenvalue weighted by molar-refractivity contribution is 0.457. The lowest BCUT2D eigenvalue weighted by atomic mass is 10.1. The van der Waals surface area contributed by atoms with Crippen molar-refractivity contribution in [2.75, 3.05) is 11.4 Å². The number of hydrogen-bond acceptors (Lipinski definition) is 5. The molecule has 1 aliphatic rings. The van der Waals surface area contributed by atoms with E-state index in [-0.39, 0.29) is 23.7 Å². The Morgan fingerprint density at radius 3 is 2.38 bits per heavy atom. The molecule has 3 heterocycles. The van der Waals surface area contributed by atoms with Crippen LogP contribution in [0, 0.1) is 19.8 Å². The SMILES string of the molecule is Cc1ccc(C)c(Cn2c(=O)c3c(nc4n3CC(C)CN4c3ccc(Oc4ccccc4)cc3)n(C)c2=O)c1. The maximum absolute atomic E-state index is 13.9. The molecule has 0 amide bonds. The number of aromatic nitrogens is 4. The number of rotatable bonds is 5. The van der Waals surface area contributed by atoms with Gasteiger partial charge in [-0.15, -0.1) is 0 Å². The third-order valence-electron chi connectivity index (χ3n) is 7.40. The number of nitrogens with zero attached hydrogens (tertiary/aromatic N) is 5. The maximum atomic E-state index is 13.9. The molecule has 6 rings (SSSR count). The van der Waals surface area contributed by atoms with Crippen molar-refractivity contribution in [1.82, 2.24) is 18.7 Å². The van der Waals surface area contributed by atoms with Gasteiger partial charge in [0.1, 0.15) is 11.5 Å². The number of imidazole rings is 1. The van der Waals surface area contributed by atoms with Crippen LogP contribution >= 0.6 is 0 Å². The van der Waals surface area contributed by atoms with Gasteiger partial charge in [0.2, 0.25) is 5.95 Å². The third kappa shape index (κ3) is 4.41. The van der Waals surface area contributed by atoms with E-state index < -0.39 is 0 Å². The summed E-state index contributed by atoms with van der Waals surface area (Å²) in [6, 6.07) is 23.6. The minimum atomic E-state index is -0.370. The number of anilines is 2. The average molecular weight is 522 g/mol. The predicted octanol–water partition coefficient (Wildman–Crippen LogP) is 5.14. The Bertz CT molecular complexity index is 1800. The molecule has 2 aromatic heterocycles. The van der Waals surface area contributed by atoms with Gasteiger partial charge < -0.3 is 14.2 Å². The fourth-order valence-electron chi connectivity index (χ4n) is 5.32. The number of aryl methyl sites for hydroxylation is 3. The number of ether oxygens (including phenoxy) is 1. The molecular weight excluding hydrogens is 490 g/mol. The summed E-state index contributed by atoms with van der Waals surface area (Å²) in [6.45, 7) is 7.78. The van der Waals surface area contributed by atoms with E-state index in [9.17, 15) is 9.59 Å². The zero-order chi connectivity index (χ0) is 27.3. The summed E-state index contributed by atoms with van der Waals surface area (Å²) in [7, 11) is 1.69. The van der Waals surface area contributed by atoms with Gasteiger partial charge >= 0.3 is 5.69 Å². The Hall–Kier alpha value is -4.59. The topological polar surface area (TPSA) is 74.3 Å². The van der Waals surface area contributed by atoms with Crippen LogP contribution in [0.1, 0.15) is 23.6 Å². The molecule has 0 radical (unpaired) electrons. The van der Waals surface area contributed by atoms with Crippen molar-refractivity contribution >= 4 is 22.8 Å². The Morgan fingerprint density at radius 2 is 1.64 bits per heavy atom. The smallest absolute Gasteiger partial charge is 0.332 e. The van der Waals surface area contributed by atoms with Crippen molar-refractivity contribution in [3.8, 4) is 11.5 Å². The monoisotopic (exact) mass is 521 g/mol. The standard InChI is InChI=1S/C31H31N5O3/c1-20-10-11-22(3)23(16-20)19-36-29(37)27-28(33(4)31(36)38)32-30-34(17-21(2)18-35(27)30)24-12-14-26(15-13-24)39-25-8-6-5-7-9-25/h5-16,21H,17-19H2,1-4H3. The first kappa shape index (κ1) is 24.7. The number of benzene rings is 3. The van der Waals surface area contributed by atoms with Gasteiger partial charge in [0, 0.05) is 25.8 Å². The number of fused-ring (bicyclic) bond motifs is 3. The van der Waals surface area contributed by atoms with Crippen molar-refractivity contribution < 1.29 is 4.74 Å². The normalized spacial score (nSPS) is 15.0. The highest BCUT2D eigenvalue weighted by atomic mass is 16.5. The summed E-state index contributed by atoms with van der Waals surface area (Å²) in [6.07, 6.45) is 0. The van der Waals surface area contributed by atoms with Crippen LogP contribution in [0.15, 0.2) is 82.4 Å². The first-order valence-corrected chi connectivity index (χ1v) is 13.2. The van der Waals surface area contributed by atoms with E-state index >= 15 is 0 Å². The highest BCUT2D eigenvalue weighted by molar-refractivity contribution is 5.77. The summed E-state index contributed by atoms with van der Waals surface area (Å²) in [5.41, 5.74) is 4.22. The Morgan fingerprint density at radius 1 is 0.923 bits per heavy atom. The largest absolute Gasteiger partial charge is 0.457 e. The van der Waals surface area contributed by atoms with Gasteiger partial charge in [0.05, 0.1) is 6.54 Å². The van der Waals surface area contributed by atoms with E-state index in [1.165, 1.54) is 9.13 Å². The van der Waals surface area contributed by atoms with Crippen molar-refractivity contribution in [2.24, 2.45) is 13.0 Å². The highest BCUT2D eigenvalue weighted by Gasteiger charge is 2.30. The van der Waals surface area contributed by atoms with Gasteiger partial charge in [-0.1, -0.05) is 48.9 Å². The quantitative estimate of drug-likeness (QED) is 0.320. The molecule has 3 aromatic carbocycles. The van der Waals surface area contributed by atoms with Crippen LogP contribution in [0.25, 0.3) is 11.2 Å². The Kier molecular flexibility index (Phi) is 6.10. The van der Waals surface area contributed by atoms with Gasteiger partial charge in [-0.25, -0.2) is 4.79 Å². The molecule has 39 heavy (non-hydrogen) atoms. The zero-order valence-corrected chi connectivity index (χ0v) is 22.6. The summed E-state index contributed by atoms with van der Waals surface area (Å²) in [5.74, 6) is 2.44. The fraction of sp³-hybridized carbons (Fsp3) is 0.258. The lowest BCUT2D eigenvalue weighted by Gasteiger charge is -2.33. The molecule has 8 nitrogen and oxygen atoms in total. The third-order valence-corrected chi connectivity index (χ3v) is 7.40. The van der Waals surface area contributed by atoms with Crippen molar-refractivity contribution in [3.05, 3.63) is 110 Å².